The summed E-state index contributed by atoms with van der Waals surface area (Å²) in [7, 11) is 0. The number of carboxylic acids is 1. The molecular formula is C16H28O4S2. The molecule has 0 aliphatic heterocycles. The van der Waals surface area contributed by atoms with Crippen LogP contribution in [0.4, 0.5) is 0 Å². The van der Waals surface area contributed by atoms with Gasteiger partial charge in [0.05, 0.1) is 11.5 Å². The van der Waals surface area contributed by atoms with E-state index >= 15 is 0 Å². The van der Waals surface area contributed by atoms with Crippen molar-refractivity contribution in [1.82, 2.24) is 0 Å². The van der Waals surface area contributed by atoms with Gasteiger partial charge in [-0.3, -0.25) is 4.79 Å². The number of unbranched alkanes of at least 4 members (excludes halogenated alkanes) is 1. The molecule has 0 amide bonds. The lowest BCUT2D eigenvalue weighted by Gasteiger charge is -2.16. The van der Waals surface area contributed by atoms with Gasteiger partial charge in [0, 0.05) is 11.7 Å². The van der Waals surface area contributed by atoms with Crippen molar-refractivity contribution < 1.29 is 19.4 Å². The quantitative estimate of drug-likeness (QED) is 0.259. The zero-order valence-electron chi connectivity index (χ0n) is 13.6. The summed E-state index contributed by atoms with van der Waals surface area (Å²) < 4.78 is 10.7. The second kappa shape index (κ2) is 13.9. The molecular weight excluding hydrogens is 320 g/mol. The topological polar surface area (TPSA) is 55.8 Å². The fourth-order valence-electron chi connectivity index (χ4n) is 1.61. The summed E-state index contributed by atoms with van der Waals surface area (Å²) >= 11 is 3.52. The van der Waals surface area contributed by atoms with Crippen molar-refractivity contribution in [3.63, 3.8) is 0 Å². The van der Waals surface area contributed by atoms with Crippen molar-refractivity contribution in [3.8, 4) is 0 Å². The number of hydrogen-bond acceptors (Lipinski definition) is 5. The van der Waals surface area contributed by atoms with E-state index in [4.69, 9.17) is 14.6 Å². The highest BCUT2D eigenvalue weighted by atomic mass is 32.2. The first kappa shape index (κ1) is 21.2. The number of aliphatic carboxylic acids is 1. The Morgan fingerprint density at radius 3 is 2.32 bits per heavy atom. The van der Waals surface area contributed by atoms with Crippen LogP contribution in [0, 0.1) is 0 Å². The number of hydrogen-bond donors (Lipinski definition) is 1. The predicted molar refractivity (Wildman–Crippen MR) is 96.1 cm³/mol. The zero-order valence-corrected chi connectivity index (χ0v) is 15.3. The number of carbonyl (C=O) groups is 1. The third kappa shape index (κ3) is 15.6. The second-order valence-corrected chi connectivity index (χ2v) is 7.34. The van der Waals surface area contributed by atoms with Crippen LogP contribution in [0.15, 0.2) is 24.7 Å². The summed E-state index contributed by atoms with van der Waals surface area (Å²) in [5.41, 5.74) is 0. The van der Waals surface area contributed by atoms with Crippen LogP contribution < -0.4 is 0 Å². The van der Waals surface area contributed by atoms with Crippen LogP contribution in [0.3, 0.4) is 0 Å². The van der Waals surface area contributed by atoms with Gasteiger partial charge in [-0.25, -0.2) is 0 Å². The molecule has 0 saturated heterocycles. The number of carboxylic acid groups (broad SMARTS) is 1. The summed E-state index contributed by atoms with van der Waals surface area (Å²) in [6, 6.07) is 0. The first-order valence-electron chi connectivity index (χ1n) is 7.39. The van der Waals surface area contributed by atoms with Crippen molar-refractivity contribution in [2.45, 2.75) is 51.2 Å². The third-order valence-electron chi connectivity index (χ3n) is 2.75. The van der Waals surface area contributed by atoms with Crippen molar-refractivity contribution in [1.29, 1.82) is 0 Å². The Morgan fingerprint density at radius 2 is 1.73 bits per heavy atom. The monoisotopic (exact) mass is 348 g/mol. The van der Waals surface area contributed by atoms with Crippen LogP contribution in [0.1, 0.15) is 46.0 Å². The average molecular weight is 349 g/mol. The number of allylic oxidation sites excluding steroid dienone is 2. The Morgan fingerprint density at radius 1 is 1.09 bits per heavy atom. The molecule has 128 valence electrons. The minimum absolute atomic E-state index is 0.251. The van der Waals surface area contributed by atoms with Gasteiger partial charge in [0.15, 0.2) is 0 Å². The Kier molecular flexibility index (Phi) is 13.4. The molecule has 0 aromatic heterocycles. The molecule has 1 N–H and O–H groups in total. The highest BCUT2D eigenvalue weighted by Crippen LogP contribution is 2.24. The second-order valence-electron chi connectivity index (χ2n) is 5.05. The summed E-state index contributed by atoms with van der Waals surface area (Å²) in [4.78, 5) is 10.5. The molecule has 0 saturated carbocycles. The van der Waals surface area contributed by atoms with Gasteiger partial charge in [-0.1, -0.05) is 19.6 Å². The summed E-state index contributed by atoms with van der Waals surface area (Å²) in [5, 5.41) is 9.14. The maximum absolute atomic E-state index is 10.5. The van der Waals surface area contributed by atoms with Crippen LogP contribution in [0.5, 0.6) is 0 Å². The van der Waals surface area contributed by atoms with E-state index in [-0.39, 0.29) is 6.42 Å². The number of rotatable bonds is 15. The average Bonchev–Trinajstić information content (AvgIpc) is 2.41. The number of thioether (sulfide) groups is 2. The van der Waals surface area contributed by atoms with Crippen molar-refractivity contribution >= 4 is 29.5 Å². The van der Waals surface area contributed by atoms with Crippen LogP contribution in [-0.4, -0.2) is 34.0 Å². The van der Waals surface area contributed by atoms with Crippen molar-refractivity contribution in [3.05, 3.63) is 24.7 Å². The normalized spacial score (nSPS) is 11.7. The van der Waals surface area contributed by atoms with E-state index in [0.717, 1.165) is 43.0 Å². The van der Waals surface area contributed by atoms with Crippen molar-refractivity contribution in [2.24, 2.45) is 0 Å². The molecule has 0 aromatic carbocycles. The van der Waals surface area contributed by atoms with E-state index < -0.39 is 5.97 Å². The van der Waals surface area contributed by atoms with E-state index in [9.17, 15) is 4.79 Å². The Balaban J connectivity index is 3.90. The molecule has 0 heterocycles. The lowest BCUT2D eigenvalue weighted by Crippen LogP contribution is -2.07. The summed E-state index contributed by atoms with van der Waals surface area (Å²) in [5.74, 6) is 2.99. The molecule has 0 bridgehead atoms. The molecule has 0 spiro atoms. The Hall–Kier alpha value is -0.750. The van der Waals surface area contributed by atoms with E-state index in [1.54, 1.807) is 23.5 Å². The van der Waals surface area contributed by atoms with Gasteiger partial charge in [0.25, 0.3) is 0 Å². The van der Waals surface area contributed by atoms with Gasteiger partial charge >= 0.3 is 5.97 Å². The maximum atomic E-state index is 10.5. The van der Waals surface area contributed by atoms with E-state index in [0.29, 0.717) is 17.1 Å². The van der Waals surface area contributed by atoms with Gasteiger partial charge < -0.3 is 14.6 Å². The Labute approximate surface area is 142 Å². The molecule has 1 unspecified atom stereocenters. The fourth-order valence-corrected chi connectivity index (χ4v) is 3.69. The molecule has 6 heteroatoms. The van der Waals surface area contributed by atoms with Gasteiger partial charge in [0.2, 0.25) is 0 Å². The highest BCUT2D eigenvalue weighted by Gasteiger charge is 2.10. The van der Waals surface area contributed by atoms with Crippen molar-refractivity contribution in [2.75, 3.05) is 17.6 Å². The summed E-state index contributed by atoms with van der Waals surface area (Å²) in [6.45, 7) is 11.1. The van der Waals surface area contributed by atoms with Gasteiger partial charge in [-0.15, -0.1) is 23.5 Å². The minimum Gasteiger partial charge on any atom is -0.488 e. The molecule has 0 aromatic rings. The van der Waals surface area contributed by atoms with E-state index in [2.05, 4.69) is 13.2 Å². The van der Waals surface area contributed by atoms with Gasteiger partial charge in [-0.2, -0.15) is 0 Å². The van der Waals surface area contributed by atoms with Gasteiger partial charge in [0.1, 0.15) is 11.9 Å². The fraction of sp³-hybridized carbons (Fsp3) is 0.688. The first-order valence-corrected chi connectivity index (χ1v) is 9.60. The molecule has 0 rings (SSSR count). The lowest BCUT2D eigenvalue weighted by molar-refractivity contribution is -0.137. The van der Waals surface area contributed by atoms with Crippen LogP contribution in [-0.2, 0) is 14.3 Å². The Bertz CT molecular complexity index is 345. The van der Waals surface area contributed by atoms with Crippen LogP contribution in [0.2, 0.25) is 0 Å². The highest BCUT2D eigenvalue weighted by molar-refractivity contribution is 8.00. The zero-order chi connectivity index (χ0) is 16.8. The predicted octanol–water partition coefficient (Wildman–Crippen LogP) is 4.87. The molecule has 0 aliphatic carbocycles. The SMILES string of the molecule is C=C(C)OCSCCC(CCCCC(=O)O)SCOC(=C)C. The summed E-state index contributed by atoms with van der Waals surface area (Å²) in [6.07, 6.45) is 3.99. The standard InChI is InChI=1S/C16H28O4S2/c1-13(2)19-11-21-10-9-15(22-12-20-14(3)4)7-5-6-8-16(17)18/h15H,1,3,5-12H2,2,4H3,(H,17,18). The molecule has 0 radical (unpaired) electrons. The molecule has 4 nitrogen and oxygen atoms in total. The minimum atomic E-state index is -0.720. The van der Waals surface area contributed by atoms with E-state index in [1.165, 1.54) is 0 Å². The van der Waals surface area contributed by atoms with Crippen LogP contribution >= 0.6 is 23.5 Å². The van der Waals surface area contributed by atoms with Crippen LogP contribution in [0.25, 0.3) is 0 Å². The third-order valence-corrected chi connectivity index (χ3v) is 4.75. The molecule has 22 heavy (non-hydrogen) atoms. The largest absolute Gasteiger partial charge is 0.488 e. The van der Waals surface area contributed by atoms with E-state index in [1.807, 2.05) is 13.8 Å². The number of ether oxygens (including phenoxy) is 2. The molecule has 0 aliphatic rings. The molecule has 0 fully saturated rings. The maximum Gasteiger partial charge on any atom is 0.303 e. The first-order chi connectivity index (χ1) is 10.4. The van der Waals surface area contributed by atoms with Gasteiger partial charge in [-0.05, 0) is 38.9 Å². The molecule has 1 atom stereocenters. The smallest absolute Gasteiger partial charge is 0.303 e. The lowest BCUT2D eigenvalue weighted by atomic mass is 10.1.